The van der Waals surface area contributed by atoms with Gasteiger partial charge >= 0.3 is 0 Å². The second-order valence-corrected chi connectivity index (χ2v) is 8.25. The molecule has 0 fully saturated rings. The summed E-state index contributed by atoms with van der Waals surface area (Å²) in [7, 11) is 0. The van der Waals surface area contributed by atoms with Crippen LogP contribution in [-0.4, -0.2) is 31.1 Å². The van der Waals surface area contributed by atoms with Gasteiger partial charge in [0.2, 0.25) is 5.16 Å². The zero-order valence-electron chi connectivity index (χ0n) is 15.3. The zero-order valence-corrected chi connectivity index (χ0v) is 16.1. The first-order chi connectivity index (χ1) is 12.5. The highest BCUT2D eigenvalue weighted by Gasteiger charge is 2.28. The molecule has 4 rings (SSSR count). The number of rotatable bonds is 4. The van der Waals surface area contributed by atoms with E-state index < -0.39 is 0 Å². The molecule has 5 nitrogen and oxygen atoms in total. The molecule has 0 N–H and O–H groups in total. The molecule has 0 unspecified atom stereocenters. The number of ketones is 1. The molecule has 0 saturated carbocycles. The quantitative estimate of drug-likeness (QED) is 0.645. The number of nitrogens with zero attached hydrogens (tertiary/aromatic N) is 4. The molecule has 1 aromatic carbocycles. The summed E-state index contributed by atoms with van der Waals surface area (Å²) in [6.07, 6.45) is 3.08. The van der Waals surface area contributed by atoms with Crippen molar-refractivity contribution in [3.63, 3.8) is 0 Å². The summed E-state index contributed by atoms with van der Waals surface area (Å²) in [6, 6.07) is 8.65. The minimum atomic E-state index is 0.138. The highest BCUT2D eigenvalue weighted by Crippen LogP contribution is 2.32. The zero-order chi connectivity index (χ0) is 18.3. The van der Waals surface area contributed by atoms with Crippen molar-refractivity contribution in [3.05, 3.63) is 52.8 Å². The number of carbonyl (C=O) groups is 1. The van der Waals surface area contributed by atoms with Crippen LogP contribution in [0.2, 0.25) is 0 Å². The van der Waals surface area contributed by atoms with E-state index >= 15 is 0 Å². The highest BCUT2D eigenvalue weighted by molar-refractivity contribution is 7.99. The van der Waals surface area contributed by atoms with Crippen LogP contribution in [0.3, 0.4) is 0 Å². The standard InChI is InChI=1S/C20H22N4OS/c1-4-26-20-22-19-21-17-9-15(10-18(25)16(17)11-24(19)23-20)14-7-5-13(6-8-14)12(2)3/h5-8,11-12,15H,4,9-10H2,1-3H3/t15-/m0/s1. The number of aromatic nitrogens is 4. The second kappa shape index (κ2) is 6.83. The molecule has 2 heterocycles. The maximum absolute atomic E-state index is 12.7. The van der Waals surface area contributed by atoms with E-state index in [2.05, 4.69) is 60.1 Å². The van der Waals surface area contributed by atoms with E-state index in [1.54, 1.807) is 22.5 Å². The van der Waals surface area contributed by atoms with Crippen LogP contribution < -0.4 is 0 Å². The molecule has 0 spiro atoms. The molecule has 1 aliphatic carbocycles. The number of hydrogen-bond acceptors (Lipinski definition) is 5. The summed E-state index contributed by atoms with van der Waals surface area (Å²) in [5.74, 6) is 2.31. The fraction of sp³-hybridized carbons (Fsp3) is 0.400. The Morgan fingerprint density at radius 3 is 2.65 bits per heavy atom. The number of fused-ring (bicyclic) bond motifs is 2. The smallest absolute Gasteiger partial charge is 0.253 e. The summed E-state index contributed by atoms with van der Waals surface area (Å²) in [6.45, 7) is 6.44. The Kier molecular flexibility index (Phi) is 4.53. The summed E-state index contributed by atoms with van der Waals surface area (Å²) in [5.41, 5.74) is 4.05. The van der Waals surface area contributed by atoms with Crippen LogP contribution in [0.4, 0.5) is 0 Å². The third-order valence-electron chi connectivity index (χ3n) is 4.91. The van der Waals surface area contributed by atoms with Gasteiger partial charge in [0.15, 0.2) is 5.78 Å². The molecule has 0 aliphatic heterocycles. The Morgan fingerprint density at radius 2 is 1.96 bits per heavy atom. The lowest BCUT2D eigenvalue weighted by Crippen LogP contribution is -2.21. The Morgan fingerprint density at radius 1 is 1.19 bits per heavy atom. The van der Waals surface area contributed by atoms with Gasteiger partial charge in [0.05, 0.1) is 11.3 Å². The van der Waals surface area contributed by atoms with Crippen molar-refractivity contribution >= 4 is 23.3 Å². The van der Waals surface area contributed by atoms with Gasteiger partial charge in [-0.1, -0.05) is 56.8 Å². The number of thioether (sulfide) groups is 1. The van der Waals surface area contributed by atoms with Gasteiger partial charge in [0.25, 0.3) is 5.78 Å². The Labute approximate surface area is 157 Å². The topological polar surface area (TPSA) is 60.1 Å². The van der Waals surface area contributed by atoms with Gasteiger partial charge < -0.3 is 0 Å². The monoisotopic (exact) mass is 366 g/mol. The van der Waals surface area contributed by atoms with E-state index in [1.807, 2.05) is 0 Å². The molecular formula is C20H22N4OS. The van der Waals surface area contributed by atoms with E-state index in [1.165, 1.54) is 11.1 Å². The molecule has 2 aromatic heterocycles. The Balaban J connectivity index is 1.66. The molecule has 0 radical (unpaired) electrons. The summed E-state index contributed by atoms with van der Waals surface area (Å²) < 4.78 is 1.63. The number of carbonyl (C=O) groups excluding carboxylic acids is 1. The van der Waals surface area contributed by atoms with Crippen LogP contribution in [0, 0.1) is 0 Å². The maximum Gasteiger partial charge on any atom is 0.253 e. The first-order valence-corrected chi connectivity index (χ1v) is 10.1. The average molecular weight is 366 g/mol. The molecule has 134 valence electrons. The average Bonchev–Trinajstić information content (AvgIpc) is 3.02. The largest absolute Gasteiger partial charge is 0.294 e. The fourth-order valence-electron chi connectivity index (χ4n) is 3.44. The van der Waals surface area contributed by atoms with Gasteiger partial charge in [-0.2, -0.15) is 4.98 Å². The number of benzene rings is 1. The predicted octanol–water partition coefficient (Wildman–Crippen LogP) is 4.27. The van der Waals surface area contributed by atoms with Crippen LogP contribution in [0.1, 0.15) is 66.2 Å². The maximum atomic E-state index is 12.7. The summed E-state index contributed by atoms with van der Waals surface area (Å²) in [5, 5.41) is 5.11. The lowest BCUT2D eigenvalue weighted by atomic mass is 9.81. The number of hydrogen-bond donors (Lipinski definition) is 0. The van der Waals surface area contributed by atoms with Gasteiger partial charge in [-0.15, -0.1) is 5.10 Å². The van der Waals surface area contributed by atoms with Crippen molar-refractivity contribution in [2.24, 2.45) is 0 Å². The first kappa shape index (κ1) is 17.2. The van der Waals surface area contributed by atoms with Crippen molar-refractivity contribution in [2.45, 2.75) is 50.6 Å². The van der Waals surface area contributed by atoms with Crippen LogP contribution in [-0.2, 0) is 6.42 Å². The second-order valence-electron chi connectivity index (χ2n) is 7.02. The molecular weight excluding hydrogens is 344 g/mol. The fourth-order valence-corrected chi connectivity index (χ4v) is 3.99. The Hall–Kier alpha value is -2.21. The van der Waals surface area contributed by atoms with Gasteiger partial charge in [-0.25, -0.2) is 9.50 Å². The molecule has 1 atom stereocenters. The van der Waals surface area contributed by atoms with Gasteiger partial charge in [0.1, 0.15) is 0 Å². The minimum Gasteiger partial charge on any atom is -0.294 e. The van der Waals surface area contributed by atoms with Gasteiger partial charge in [0, 0.05) is 12.6 Å². The van der Waals surface area contributed by atoms with Crippen LogP contribution >= 0.6 is 11.8 Å². The van der Waals surface area contributed by atoms with E-state index in [9.17, 15) is 4.79 Å². The molecule has 26 heavy (non-hydrogen) atoms. The summed E-state index contributed by atoms with van der Waals surface area (Å²) in [4.78, 5) is 21.8. The van der Waals surface area contributed by atoms with Crippen LogP contribution in [0.5, 0.6) is 0 Å². The van der Waals surface area contributed by atoms with Crippen molar-refractivity contribution in [3.8, 4) is 0 Å². The lowest BCUT2D eigenvalue weighted by Gasteiger charge is -2.23. The number of Topliss-reactive ketones (excluding diaryl/α,β-unsaturated/α-hetero) is 1. The van der Waals surface area contributed by atoms with E-state index in [-0.39, 0.29) is 11.7 Å². The van der Waals surface area contributed by atoms with Crippen molar-refractivity contribution in [1.29, 1.82) is 0 Å². The molecule has 0 amide bonds. The third kappa shape index (κ3) is 3.14. The molecule has 1 aliphatic rings. The third-order valence-corrected chi connectivity index (χ3v) is 5.63. The predicted molar refractivity (Wildman–Crippen MR) is 103 cm³/mol. The first-order valence-electron chi connectivity index (χ1n) is 9.07. The van der Waals surface area contributed by atoms with E-state index in [0.717, 1.165) is 17.9 Å². The van der Waals surface area contributed by atoms with Crippen LogP contribution in [0.25, 0.3) is 5.78 Å². The SMILES string of the molecule is CCSc1nc2nc3c(cn2n1)C(=O)C[C@@H](c1ccc(C(C)C)cc1)C3. The molecule has 3 aromatic rings. The highest BCUT2D eigenvalue weighted by atomic mass is 32.2. The molecule has 0 saturated heterocycles. The van der Waals surface area contributed by atoms with Crippen molar-refractivity contribution < 1.29 is 4.79 Å². The Bertz CT molecular complexity index is 962. The van der Waals surface area contributed by atoms with Crippen molar-refractivity contribution in [1.82, 2.24) is 19.6 Å². The van der Waals surface area contributed by atoms with Crippen molar-refractivity contribution in [2.75, 3.05) is 5.75 Å². The normalized spacial score (nSPS) is 17.1. The van der Waals surface area contributed by atoms with Gasteiger partial charge in [-0.3, -0.25) is 4.79 Å². The van der Waals surface area contributed by atoms with E-state index in [4.69, 9.17) is 0 Å². The van der Waals surface area contributed by atoms with E-state index in [0.29, 0.717) is 28.8 Å². The summed E-state index contributed by atoms with van der Waals surface area (Å²) >= 11 is 1.58. The molecule has 0 bridgehead atoms. The molecule has 6 heteroatoms. The minimum absolute atomic E-state index is 0.138. The van der Waals surface area contributed by atoms with Gasteiger partial charge in [-0.05, 0) is 35.1 Å². The lowest BCUT2D eigenvalue weighted by molar-refractivity contribution is 0.0962. The van der Waals surface area contributed by atoms with Crippen LogP contribution in [0.15, 0.2) is 35.6 Å².